The molecule has 168 valence electrons. The molecule has 1 aromatic heterocycles. The molecule has 1 heterocycles. The van der Waals surface area contributed by atoms with E-state index in [0.29, 0.717) is 30.0 Å². The minimum Gasteiger partial charge on any atom is -0.497 e. The van der Waals surface area contributed by atoms with Gasteiger partial charge >= 0.3 is 6.03 Å². The quantitative estimate of drug-likeness (QED) is 0.418. The molecule has 6 nitrogen and oxygen atoms in total. The SMILES string of the molecule is COc1ccc2[nH]c(=O)c(CN(CCc3cccc(C)c3)C(=O)Nc3ccccc3)cc2c1. The number of urea groups is 1. The number of amides is 2. The maximum Gasteiger partial charge on any atom is 0.322 e. The molecule has 0 aliphatic carbocycles. The number of hydrogen-bond donors (Lipinski definition) is 2. The van der Waals surface area contributed by atoms with Gasteiger partial charge in [0, 0.05) is 28.7 Å². The van der Waals surface area contributed by atoms with E-state index in [-0.39, 0.29) is 18.1 Å². The van der Waals surface area contributed by atoms with E-state index in [0.717, 1.165) is 16.5 Å². The number of fused-ring (bicyclic) bond motifs is 1. The molecule has 33 heavy (non-hydrogen) atoms. The van der Waals surface area contributed by atoms with Crippen LogP contribution >= 0.6 is 0 Å². The number of aromatic amines is 1. The third-order valence-electron chi connectivity index (χ3n) is 5.55. The zero-order chi connectivity index (χ0) is 23.2. The third kappa shape index (κ3) is 5.60. The van der Waals surface area contributed by atoms with Crippen molar-refractivity contribution in [2.45, 2.75) is 19.9 Å². The molecule has 0 unspecified atom stereocenters. The van der Waals surface area contributed by atoms with Crippen molar-refractivity contribution >= 4 is 22.6 Å². The van der Waals surface area contributed by atoms with Gasteiger partial charge in [-0.3, -0.25) is 4.79 Å². The Hall–Kier alpha value is -4.06. The number of para-hydroxylation sites is 1. The lowest BCUT2D eigenvalue weighted by Crippen LogP contribution is -2.37. The van der Waals surface area contributed by atoms with E-state index in [2.05, 4.69) is 22.4 Å². The van der Waals surface area contributed by atoms with Crippen molar-refractivity contribution in [2.24, 2.45) is 0 Å². The van der Waals surface area contributed by atoms with Crippen LogP contribution in [0.5, 0.6) is 5.75 Å². The van der Waals surface area contributed by atoms with Crippen molar-refractivity contribution in [3.63, 3.8) is 0 Å². The number of methoxy groups -OCH3 is 1. The molecule has 3 aromatic carbocycles. The largest absolute Gasteiger partial charge is 0.497 e. The first-order chi connectivity index (χ1) is 16.0. The van der Waals surface area contributed by atoms with Crippen LogP contribution in [-0.4, -0.2) is 29.6 Å². The molecule has 0 aliphatic rings. The first-order valence-corrected chi connectivity index (χ1v) is 10.9. The fourth-order valence-corrected chi connectivity index (χ4v) is 3.79. The van der Waals surface area contributed by atoms with Gasteiger partial charge in [0.15, 0.2) is 0 Å². The molecule has 0 fully saturated rings. The van der Waals surface area contributed by atoms with Crippen molar-refractivity contribution in [2.75, 3.05) is 19.0 Å². The fraction of sp³-hybridized carbons (Fsp3) is 0.185. The van der Waals surface area contributed by atoms with Gasteiger partial charge in [-0.2, -0.15) is 0 Å². The van der Waals surface area contributed by atoms with Gasteiger partial charge in [-0.25, -0.2) is 4.79 Å². The molecule has 4 aromatic rings. The molecule has 0 aliphatic heterocycles. The molecular formula is C27H27N3O3. The zero-order valence-corrected chi connectivity index (χ0v) is 18.8. The number of ether oxygens (including phenoxy) is 1. The Morgan fingerprint density at radius 1 is 1.00 bits per heavy atom. The van der Waals surface area contributed by atoms with Crippen LogP contribution in [0.4, 0.5) is 10.5 Å². The summed E-state index contributed by atoms with van der Waals surface area (Å²) in [4.78, 5) is 30.5. The molecule has 0 saturated carbocycles. The van der Waals surface area contributed by atoms with Crippen LogP contribution in [0.2, 0.25) is 0 Å². The Balaban J connectivity index is 1.61. The molecule has 0 spiro atoms. The summed E-state index contributed by atoms with van der Waals surface area (Å²) in [5.74, 6) is 0.707. The second-order valence-corrected chi connectivity index (χ2v) is 8.03. The van der Waals surface area contributed by atoms with E-state index < -0.39 is 0 Å². The van der Waals surface area contributed by atoms with Crippen LogP contribution in [0, 0.1) is 6.92 Å². The number of hydrogen-bond acceptors (Lipinski definition) is 3. The lowest BCUT2D eigenvalue weighted by Gasteiger charge is -2.23. The van der Waals surface area contributed by atoms with Crippen LogP contribution in [-0.2, 0) is 13.0 Å². The van der Waals surface area contributed by atoms with E-state index in [1.807, 2.05) is 67.6 Å². The van der Waals surface area contributed by atoms with Gasteiger partial charge in [0.2, 0.25) is 0 Å². The lowest BCUT2D eigenvalue weighted by molar-refractivity contribution is 0.209. The topological polar surface area (TPSA) is 74.4 Å². The predicted octanol–water partition coefficient (Wildman–Crippen LogP) is 5.12. The Bertz CT molecular complexity index is 1320. The molecule has 0 saturated heterocycles. The summed E-state index contributed by atoms with van der Waals surface area (Å²) < 4.78 is 5.31. The van der Waals surface area contributed by atoms with Crippen molar-refractivity contribution < 1.29 is 9.53 Å². The molecule has 6 heteroatoms. The number of pyridine rings is 1. The highest BCUT2D eigenvalue weighted by Crippen LogP contribution is 2.19. The lowest BCUT2D eigenvalue weighted by atomic mass is 10.1. The standard InChI is InChI=1S/C27H27N3O3/c1-19-7-6-8-20(15-19)13-14-30(27(32)28-23-9-4-3-5-10-23)18-22-16-21-17-24(33-2)11-12-25(21)29-26(22)31/h3-12,15-17H,13-14,18H2,1-2H3,(H,28,32)(H,29,31). The molecule has 0 radical (unpaired) electrons. The summed E-state index contributed by atoms with van der Waals surface area (Å²) in [5.41, 5.74) is 4.06. The summed E-state index contributed by atoms with van der Waals surface area (Å²) in [7, 11) is 1.61. The highest BCUT2D eigenvalue weighted by molar-refractivity contribution is 5.89. The van der Waals surface area contributed by atoms with Gasteiger partial charge in [-0.15, -0.1) is 0 Å². The number of aromatic nitrogens is 1. The normalized spacial score (nSPS) is 10.7. The summed E-state index contributed by atoms with van der Waals surface area (Å²) in [6, 6.07) is 24.6. The van der Waals surface area contributed by atoms with Crippen LogP contribution in [0.15, 0.2) is 83.7 Å². The first kappa shape index (κ1) is 22.1. The predicted molar refractivity (Wildman–Crippen MR) is 132 cm³/mol. The van der Waals surface area contributed by atoms with Gasteiger partial charge in [0.05, 0.1) is 13.7 Å². The number of rotatable bonds is 7. The number of H-pyrrole nitrogens is 1. The maximum absolute atomic E-state index is 13.2. The molecule has 2 N–H and O–H groups in total. The van der Waals surface area contributed by atoms with Gasteiger partial charge in [0.25, 0.3) is 5.56 Å². The van der Waals surface area contributed by atoms with Gasteiger partial charge in [0.1, 0.15) is 5.75 Å². The molecular weight excluding hydrogens is 414 g/mol. The smallest absolute Gasteiger partial charge is 0.322 e. The first-order valence-electron chi connectivity index (χ1n) is 10.9. The molecule has 0 atom stereocenters. The summed E-state index contributed by atoms with van der Waals surface area (Å²) >= 11 is 0. The Morgan fingerprint density at radius 3 is 2.58 bits per heavy atom. The van der Waals surface area contributed by atoms with Crippen LogP contribution in [0.1, 0.15) is 16.7 Å². The molecule has 0 bridgehead atoms. The van der Waals surface area contributed by atoms with E-state index in [4.69, 9.17) is 4.74 Å². The monoisotopic (exact) mass is 441 g/mol. The third-order valence-corrected chi connectivity index (χ3v) is 5.55. The number of benzene rings is 3. The van der Waals surface area contributed by atoms with Crippen LogP contribution in [0.25, 0.3) is 10.9 Å². The average molecular weight is 442 g/mol. The summed E-state index contributed by atoms with van der Waals surface area (Å²) in [6.45, 7) is 2.71. The van der Waals surface area contributed by atoms with E-state index in [1.165, 1.54) is 5.56 Å². The van der Waals surface area contributed by atoms with Crippen molar-refractivity contribution in [1.82, 2.24) is 9.88 Å². The van der Waals surface area contributed by atoms with Gasteiger partial charge in [-0.05, 0) is 55.3 Å². The van der Waals surface area contributed by atoms with Crippen LogP contribution in [0.3, 0.4) is 0 Å². The number of carbonyl (C=O) groups is 1. The van der Waals surface area contributed by atoms with Crippen molar-refractivity contribution in [3.8, 4) is 5.75 Å². The maximum atomic E-state index is 13.2. The number of nitrogens with one attached hydrogen (secondary N) is 2. The highest BCUT2D eigenvalue weighted by Gasteiger charge is 2.17. The Labute approximate surface area is 192 Å². The average Bonchev–Trinajstić information content (AvgIpc) is 2.82. The Morgan fingerprint density at radius 2 is 1.82 bits per heavy atom. The van der Waals surface area contributed by atoms with Gasteiger partial charge in [-0.1, -0.05) is 48.0 Å². The second-order valence-electron chi connectivity index (χ2n) is 8.03. The van der Waals surface area contributed by atoms with Crippen LogP contribution < -0.4 is 15.6 Å². The summed E-state index contributed by atoms with van der Waals surface area (Å²) in [5, 5.41) is 3.79. The summed E-state index contributed by atoms with van der Waals surface area (Å²) in [6.07, 6.45) is 0.684. The minimum absolute atomic E-state index is 0.187. The van der Waals surface area contributed by atoms with E-state index in [9.17, 15) is 9.59 Å². The number of carbonyl (C=O) groups excluding carboxylic acids is 1. The second kappa shape index (κ2) is 10.0. The molecule has 4 rings (SSSR count). The van der Waals surface area contributed by atoms with E-state index in [1.54, 1.807) is 18.1 Å². The fourth-order valence-electron chi connectivity index (χ4n) is 3.79. The van der Waals surface area contributed by atoms with Gasteiger partial charge < -0.3 is 19.9 Å². The van der Waals surface area contributed by atoms with E-state index >= 15 is 0 Å². The highest BCUT2D eigenvalue weighted by atomic mass is 16.5. The van der Waals surface area contributed by atoms with Crippen molar-refractivity contribution in [1.29, 1.82) is 0 Å². The zero-order valence-electron chi connectivity index (χ0n) is 18.8. The molecule has 2 amide bonds. The Kier molecular flexibility index (Phi) is 6.74. The minimum atomic E-state index is -0.251. The number of nitrogens with zero attached hydrogens (tertiary/aromatic N) is 1. The van der Waals surface area contributed by atoms with Crippen molar-refractivity contribution in [3.05, 3.63) is 106 Å². The number of anilines is 1. The number of aryl methyl sites for hydroxylation is 1.